The summed E-state index contributed by atoms with van der Waals surface area (Å²) in [6.07, 6.45) is 3.93. The van der Waals surface area contributed by atoms with E-state index in [1.165, 1.54) is 5.69 Å². The third-order valence-electron chi connectivity index (χ3n) is 5.91. The number of nitrogens with one attached hydrogen (secondary N) is 4. The summed E-state index contributed by atoms with van der Waals surface area (Å²) in [6.45, 7) is 5.30. The minimum atomic E-state index is -0.150. The van der Waals surface area contributed by atoms with Gasteiger partial charge in [-0.15, -0.1) is 0 Å². The van der Waals surface area contributed by atoms with E-state index in [2.05, 4.69) is 38.0 Å². The number of hydrogen-bond acceptors (Lipinski definition) is 7. The zero-order valence-corrected chi connectivity index (χ0v) is 17.5. The van der Waals surface area contributed by atoms with Crippen LogP contribution in [0.2, 0.25) is 0 Å². The van der Waals surface area contributed by atoms with Crippen LogP contribution in [0.5, 0.6) is 0 Å². The van der Waals surface area contributed by atoms with Crippen molar-refractivity contribution in [1.29, 1.82) is 0 Å². The third kappa shape index (κ3) is 4.50. The lowest BCUT2D eigenvalue weighted by atomic mass is 10.1. The summed E-state index contributed by atoms with van der Waals surface area (Å²) in [6, 6.07) is 12.4. The average Bonchev–Trinajstić information content (AvgIpc) is 2.81. The number of aromatic amines is 1. The van der Waals surface area contributed by atoms with Crippen molar-refractivity contribution in [3.63, 3.8) is 0 Å². The molecule has 1 atom stereocenters. The van der Waals surface area contributed by atoms with Crippen molar-refractivity contribution in [3.05, 3.63) is 52.9 Å². The number of morpholine rings is 1. The van der Waals surface area contributed by atoms with Gasteiger partial charge in [-0.1, -0.05) is 0 Å². The van der Waals surface area contributed by atoms with Gasteiger partial charge in [-0.25, -0.2) is 4.98 Å². The van der Waals surface area contributed by atoms with Crippen LogP contribution >= 0.6 is 0 Å². The predicted octanol–water partition coefficient (Wildman–Crippen LogP) is 2.67. The van der Waals surface area contributed by atoms with Crippen molar-refractivity contribution in [3.8, 4) is 0 Å². The number of H-pyrrole nitrogens is 1. The number of pyridine rings is 2. The molecule has 3 aromatic rings. The molecular formula is C23H28N6O2. The lowest BCUT2D eigenvalue weighted by Crippen LogP contribution is -2.38. The molecule has 2 aliphatic heterocycles. The number of piperidine rings is 1. The van der Waals surface area contributed by atoms with Crippen LogP contribution in [0, 0.1) is 0 Å². The molecule has 31 heavy (non-hydrogen) atoms. The van der Waals surface area contributed by atoms with Crippen LogP contribution in [0.3, 0.4) is 0 Å². The Morgan fingerprint density at radius 1 is 1.13 bits per heavy atom. The topological polar surface area (TPSA) is 94.3 Å². The molecular weight excluding hydrogens is 392 g/mol. The van der Waals surface area contributed by atoms with Gasteiger partial charge in [0.2, 0.25) is 0 Å². The average molecular weight is 421 g/mol. The minimum absolute atomic E-state index is 0.150. The molecule has 2 fully saturated rings. The fourth-order valence-corrected chi connectivity index (χ4v) is 4.28. The zero-order valence-electron chi connectivity index (χ0n) is 17.5. The standard InChI is InChI=1S/C23H28N6O2/c30-23-21-16(7-9-25-23)14-20(26-18-2-1-8-24-15-18)28-22(21)27-17-3-5-19(6-4-17)29-10-12-31-13-11-29/h3-7,9,14,18,24H,1-2,8,10-13,15H2,(H,25,30)(H2,26,27,28)/t18-/m0/s1. The normalized spacial score (nSPS) is 19.4. The summed E-state index contributed by atoms with van der Waals surface area (Å²) >= 11 is 0. The molecule has 0 saturated carbocycles. The van der Waals surface area contributed by atoms with Crippen molar-refractivity contribution >= 4 is 33.8 Å². The molecule has 162 valence electrons. The molecule has 0 bridgehead atoms. The van der Waals surface area contributed by atoms with Crippen LogP contribution in [0.25, 0.3) is 10.8 Å². The molecule has 5 rings (SSSR count). The smallest absolute Gasteiger partial charge is 0.259 e. The quantitative estimate of drug-likeness (QED) is 0.504. The van der Waals surface area contributed by atoms with E-state index in [0.717, 1.165) is 69.1 Å². The van der Waals surface area contributed by atoms with Crippen LogP contribution in [0.15, 0.2) is 47.4 Å². The van der Waals surface area contributed by atoms with Crippen LogP contribution < -0.4 is 26.4 Å². The third-order valence-corrected chi connectivity index (χ3v) is 5.91. The first kappa shape index (κ1) is 19.8. The molecule has 0 radical (unpaired) electrons. The SMILES string of the molecule is O=c1[nH]ccc2cc(N[C@H]3CCCNC3)nc(Nc3ccc(N4CCOCC4)cc3)c12. The predicted molar refractivity (Wildman–Crippen MR) is 125 cm³/mol. The maximum Gasteiger partial charge on any atom is 0.259 e. The fraction of sp³-hybridized carbons (Fsp3) is 0.391. The Labute approximate surface area is 181 Å². The van der Waals surface area contributed by atoms with Crippen molar-refractivity contribution in [2.24, 2.45) is 0 Å². The highest BCUT2D eigenvalue weighted by Crippen LogP contribution is 2.27. The number of fused-ring (bicyclic) bond motifs is 1. The van der Waals surface area contributed by atoms with E-state index < -0.39 is 0 Å². The first-order valence-corrected chi connectivity index (χ1v) is 11.0. The Morgan fingerprint density at radius 2 is 1.97 bits per heavy atom. The van der Waals surface area contributed by atoms with Gasteiger partial charge >= 0.3 is 0 Å². The fourth-order valence-electron chi connectivity index (χ4n) is 4.28. The molecule has 2 aromatic heterocycles. The van der Waals surface area contributed by atoms with E-state index in [1.54, 1.807) is 6.20 Å². The van der Waals surface area contributed by atoms with Gasteiger partial charge in [0, 0.05) is 43.2 Å². The Balaban J connectivity index is 1.42. The van der Waals surface area contributed by atoms with Crippen molar-refractivity contribution in [1.82, 2.24) is 15.3 Å². The van der Waals surface area contributed by atoms with Gasteiger partial charge in [-0.2, -0.15) is 0 Å². The summed E-state index contributed by atoms with van der Waals surface area (Å²) in [5.74, 6) is 1.34. The Morgan fingerprint density at radius 3 is 2.74 bits per heavy atom. The molecule has 0 aliphatic carbocycles. The molecule has 2 saturated heterocycles. The molecule has 0 spiro atoms. The minimum Gasteiger partial charge on any atom is -0.378 e. The molecule has 4 N–H and O–H groups in total. The van der Waals surface area contributed by atoms with Gasteiger partial charge in [0.25, 0.3) is 5.56 Å². The maximum atomic E-state index is 12.6. The first-order chi connectivity index (χ1) is 15.3. The van der Waals surface area contributed by atoms with Crippen LogP contribution in [-0.2, 0) is 4.74 Å². The van der Waals surface area contributed by atoms with Gasteiger partial charge in [0.05, 0.1) is 18.6 Å². The van der Waals surface area contributed by atoms with Gasteiger partial charge in [0.1, 0.15) is 11.6 Å². The molecule has 0 amide bonds. The molecule has 8 nitrogen and oxygen atoms in total. The summed E-state index contributed by atoms with van der Waals surface area (Å²) in [7, 11) is 0. The second-order valence-electron chi connectivity index (χ2n) is 8.09. The molecule has 1 aromatic carbocycles. The van der Waals surface area contributed by atoms with Crippen molar-refractivity contribution in [2.75, 3.05) is 54.9 Å². The number of rotatable bonds is 5. The second kappa shape index (κ2) is 8.95. The zero-order chi connectivity index (χ0) is 21.0. The van der Waals surface area contributed by atoms with Crippen molar-refractivity contribution in [2.45, 2.75) is 18.9 Å². The van der Waals surface area contributed by atoms with E-state index in [1.807, 2.05) is 24.3 Å². The Bertz CT molecular complexity index is 1090. The van der Waals surface area contributed by atoms with E-state index in [0.29, 0.717) is 17.2 Å². The molecule has 4 heterocycles. The number of anilines is 4. The lowest BCUT2D eigenvalue weighted by molar-refractivity contribution is 0.122. The molecule has 2 aliphatic rings. The number of nitrogens with zero attached hydrogens (tertiary/aromatic N) is 2. The highest BCUT2D eigenvalue weighted by Gasteiger charge is 2.16. The van der Waals surface area contributed by atoms with Gasteiger partial charge in [0.15, 0.2) is 0 Å². The molecule has 0 unspecified atom stereocenters. The highest BCUT2D eigenvalue weighted by atomic mass is 16.5. The number of benzene rings is 1. The number of hydrogen-bond donors (Lipinski definition) is 4. The van der Waals surface area contributed by atoms with E-state index in [4.69, 9.17) is 9.72 Å². The summed E-state index contributed by atoms with van der Waals surface area (Å²) in [4.78, 5) is 22.4. The monoisotopic (exact) mass is 420 g/mol. The maximum absolute atomic E-state index is 12.6. The number of aromatic nitrogens is 2. The largest absolute Gasteiger partial charge is 0.378 e. The van der Waals surface area contributed by atoms with E-state index in [-0.39, 0.29) is 5.56 Å². The summed E-state index contributed by atoms with van der Waals surface area (Å²) in [5.41, 5.74) is 1.92. The number of ether oxygens (including phenoxy) is 1. The van der Waals surface area contributed by atoms with Crippen molar-refractivity contribution < 1.29 is 4.74 Å². The Hall–Kier alpha value is -3.10. The lowest BCUT2D eigenvalue weighted by Gasteiger charge is -2.29. The van der Waals surface area contributed by atoms with E-state index in [9.17, 15) is 4.79 Å². The van der Waals surface area contributed by atoms with E-state index >= 15 is 0 Å². The summed E-state index contributed by atoms with van der Waals surface area (Å²) in [5, 5.41) is 11.7. The first-order valence-electron chi connectivity index (χ1n) is 11.0. The second-order valence-corrected chi connectivity index (χ2v) is 8.09. The van der Waals surface area contributed by atoms with Gasteiger partial charge in [-0.3, -0.25) is 4.79 Å². The van der Waals surface area contributed by atoms with Gasteiger partial charge in [-0.05, 0) is 61.2 Å². The van der Waals surface area contributed by atoms with Crippen LogP contribution in [0.1, 0.15) is 12.8 Å². The molecule has 8 heteroatoms. The Kier molecular flexibility index (Phi) is 5.73. The van der Waals surface area contributed by atoms with Crippen LogP contribution in [0.4, 0.5) is 23.0 Å². The van der Waals surface area contributed by atoms with Crippen LogP contribution in [-0.4, -0.2) is 55.4 Å². The summed E-state index contributed by atoms with van der Waals surface area (Å²) < 4.78 is 5.44. The highest BCUT2D eigenvalue weighted by molar-refractivity contribution is 5.94. The van der Waals surface area contributed by atoms with Gasteiger partial charge < -0.3 is 30.6 Å².